The summed E-state index contributed by atoms with van der Waals surface area (Å²) in [4.78, 5) is 10.00. The van der Waals surface area contributed by atoms with E-state index in [9.17, 15) is 15.2 Å². The minimum absolute atomic E-state index is 0.187. The fourth-order valence-corrected chi connectivity index (χ4v) is 1.79. The first-order valence-corrected chi connectivity index (χ1v) is 6.09. The lowest BCUT2D eigenvalue weighted by atomic mass is 10.3. The van der Waals surface area contributed by atoms with E-state index in [1.165, 1.54) is 10.9 Å². The summed E-state index contributed by atoms with van der Waals surface area (Å²) in [6, 6.07) is 0. The van der Waals surface area contributed by atoms with Crippen LogP contribution in [0.3, 0.4) is 0 Å². The topological polar surface area (TPSA) is 102 Å². The molecule has 2 N–H and O–H groups in total. The monoisotopic (exact) mass is 322 g/mol. The zero-order chi connectivity index (χ0) is 13.5. The van der Waals surface area contributed by atoms with Crippen LogP contribution in [0, 0.1) is 10.1 Å². The Hall–Kier alpha value is -1.03. The maximum atomic E-state index is 10.6. The summed E-state index contributed by atoms with van der Waals surface area (Å²) in [5.74, 6) is -0.255. The van der Waals surface area contributed by atoms with Crippen molar-refractivity contribution in [3.63, 3.8) is 0 Å². The molecule has 0 bridgehead atoms. The average molecular weight is 323 g/mol. The number of aromatic nitrogens is 2. The number of rotatable bonds is 8. The first-order valence-electron chi connectivity index (χ1n) is 5.29. The van der Waals surface area contributed by atoms with Crippen molar-refractivity contribution in [2.75, 3.05) is 26.8 Å². The van der Waals surface area contributed by atoms with Crippen LogP contribution in [-0.4, -0.2) is 52.7 Å². The minimum atomic E-state index is -0.673. The zero-order valence-corrected chi connectivity index (χ0v) is 11.5. The number of methoxy groups -OCH3 is 1. The van der Waals surface area contributed by atoms with E-state index in [-0.39, 0.29) is 12.4 Å². The van der Waals surface area contributed by atoms with Crippen LogP contribution in [0.15, 0.2) is 10.7 Å². The molecule has 0 aromatic carbocycles. The normalized spacial score (nSPS) is 12.6. The maximum Gasteiger partial charge on any atom is 0.404 e. The molecule has 0 aliphatic heterocycles. The van der Waals surface area contributed by atoms with Crippen molar-refractivity contribution in [1.29, 1.82) is 0 Å². The Bertz CT molecular complexity index is 398. The Labute approximate surface area is 112 Å². The van der Waals surface area contributed by atoms with Crippen LogP contribution >= 0.6 is 15.9 Å². The van der Waals surface area contributed by atoms with E-state index in [0.29, 0.717) is 24.2 Å². The van der Waals surface area contributed by atoms with Gasteiger partial charge in [0.1, 0.15) is 4.47 Å². The summed E-state index contributed by atoms with van der Waals surface area (Å²) >= 11 is 3.04. The second kappa shape index (κ2) is 7.41. The van der Waals surface area contributed by atoms with Crippen molar-refractivity contribution >= 4 is 21.7 Å². The molecule has 18 heavy (non-hydrogen) atoms. The molecule has 0 spiro atoms. The Morgan fingerprint density at radius 3 is 3.06 bits per heavy atom. The molecule has 102 valence electrons. The number of nitrogens with one attached hydrogen (secondary N) is 1. The fraction of sp³-hybridized carbons (Fsp3) is 0.667. The molecule has 1 unspecified atom stereocenters. The Morgan fingerprint density at radius 2 is 2.50 bits per heavy atom. The molecule has 9 heteroatoms. The van der Waals surface area contributed by atoms with Gasteiger partial charge < -0.3 is 25.3 Å². The second-order valence-electron chi connectivity index (χ2n) is 3.63. The Morgan fingerprint density at radius 1 is 1.78 bits per heavy atom. The quantitative estimate of drug-likeness (QED) is 0.401. The third-order valence-electron chi connectivity index (χ3n) is 2.13. The minimum Gasteiger partial charge on any atom is -0.390 e. The van der Waals surface area contributed by atoms with E-state index in [1.807, 2.05) is 0 Å². The number of nitrogens with zero attached hydrogens (tertiary/aromatic N) is 3. The lowest BCUT2D eigenvalue weighted by Gasteiger charge is -2.09. The summed E-state index contributed by atoms with van der Waals surface area (Å²) in [5.41, 5.74) is 0. The smallest absolute Gasteiger partial charge is 0.390 e. The van der Waals surface area contributed by atoms with Gasteiger partial charge in [-0.05, 0) is 20.9 Å². The maximum absolute atomic E-state index is 10.6. The lowest BCUT2D eigenvalue weighted by Crippen LogP contribution is -2.32. The van der Waals surface area contributed by atoms with E-state index in [1.54, 1.807) is 7.11 Å². The molecule has 0 amide bonds. The number of hydrogen-bond acceptors (Lipinski definition) is 6. The van der Waals surface area contributed by atoms with Crippen LogP contribution in [0.25, 0.3) is 0 Å². The van der Waals surface area contributed by atoms with Crippen molar-refractivity contribution < 1.29 is 14.8 Å². The molecule has 0 fully saturated rings. The number of hydrogen-bond donors (Lipinski definition) is 2. The van der Waals surface area contributed by atoms with E-state index >= 15 is 0 Å². The molecular weight excluding hydrogens is 308 g/mol. The Balaban J connectivity index is 2.42. The van der Waals surface area contributed by atoms with Gasteiger partial charge in [0, 0.05) is 20.2 Å². The van der Waals surface area contributed by atoms with Crippen LogP contribution in [0.4, 0.5) is 5.82 Å². The number of halogens is 1. The van der Waals surface area contributed by atoms with Gasteiger partial charge in [-0.3, -0.25) is 0 Å². The van der Waals surface area contributed by atoms with Crippen LogP contribution in [-0.2, 0) is 11.3 Å². The standard InChI is InChI=1S/C9H15BrN4O4/c1-18-3-2-11-4-7(15)5-13-6-8(10)9(12-13)14(16)17/h6-7,11,15H,2-5H2,1H3. The summed E-state index contributed by atoms with van der Waals surface area (Å²) in [6.07, 6.45) is 0.796. The van der Waals surface area contributed by atoms with Crippen LogP contribution in [0.5, 0.6) is 0 Å². The van der Waals surface area contributed by atoms with Crippen LogP contribution in [0.2, 0.25) is 0 Å². The number of nitro groups is 1. The van der Waals surface area contributed by atoms with E-state index in [4.69, 9.17) is 4.74 Å². The average Bonchev–Trinajstić information content (AvgIpc) is 2.66. The Kier molecular flexibility index (Phi) is 6.19. The third-order valence-corrected chi connectivity index (χ3v) is 2.69. The van der Waals surface area contributed by atoms with Gasteiger partial charge in [-0.15, -0.1) is 0 Å². The molecule has 1 aromatic rings. The van der Waals surface area contributed by atoms with Gasteiger partial charge in [0.05, 0.1) is 30.6 Å². The van der Waals surface area contributed by atoms with Crippen LogP contribution < -0.4 is 5.32 Å². The van der Waals surface area contributed by atoms with Gasteiger partial charge in [0.2, 0.25) is 0 Å². The van der Waals surface area contributed by atoms with Gasteiger partial charge in [0.15, 0.2) is 0 Å². The first-order chi connectivity index (χ1) is 8.54. The van der Waals surface area contributed by atoms with Gasteiger partial charge in [-0.2, -0.15) is 4.68 Å². The molecule has 0 aliphatic rings. The molecule has 1 rings (SSSR count). The molecule has 0 radical (unpaired) electrons. The number of aliphatic hydroxyl groups is 1. The lowest BCUT2D eigenvalue weighted by molar-refractivity contribution is -0.390. The van der Waals surface area contributed by atoms with Crippen molar-refractivity contribution in [2.45, 2.75) is 12.6 Å². The highest BCUT2D eigenvalue weighted by Gasteiger charge is 2.19. The number of aliphatic hydroxyl groups excluding tert-OH is 1. The SMILES string of the molecule is COCCNCC(O)Cn1cc(Br)c([N+](=O)[O-])n1. The molecule has 8 nitrogen and oxygen atoms in total. The van der Waals surface area contributed by atoms with E-state index < -0.39 is 11.0 Å². The second-order valence-corrected chi connectivity index (χ2v) is 4.48. The summed E-state index contributed by atoms with van der Waals surface area (Å²) < 4.78 is 6.48. The molecule has 1 atom stereocenters. The predicted octanol–water partition coefficient (Wildman–Crippen LogP) is 0.151. The van der Waals surface area contributed by atoms with Crippen molar-refractivity contribution in [2.24, 2.45) is 0 Å². The molecule has 1 aromatic heterocycles. The third kappa shape index (κ3) is 4.69. The van der Waals surface area contributed by atoms with Crippen molar-refractivity contribution in [1.82, 2.24) is 15.1 Å². The summed E-state index contributed by atoms with van der Waals surface area (Å²) in [7, 11) is 1.60. The first kappa shape index (κ1) is 15.0. The number of ether oxygens (including phenoxy) is 1. The molecule has 0 saturated carbocycles. The predicted molar refractivity (Wildman–Crippen MR) is 67.3 cm³/mol. The van der Waals surface area contributed by atoms with Crippen molar-refractivity contribution in [3.05, 3.63) is 20.8 Å². The van der Waals surface area contributed by atoms with E-state index in [0.717, 1.165) is 0 Å². The molecule has 0 aliphatic carbocycles. The molecular formula is C9H15BrN4O4. The zero-order valence-electron chi connectivity index (χ0n) is 9.87. The van der Waals surface area contributed by atoms with Gasteiger partial charge in [0.25, 0.3) is 0 Å². The molecule has 1 heterocycles. The highest BCUT2D eigenvalue weighted by atomic mass is 79.9. The fourth-order valence-electron chi connectivity index (χ4n) is 1.33. The largest absolute Gasteiger partial charge is 0.404 e. The van der Waals surface area contributed by atoms with Gasteiger partial charge in [-0.25, -0.2) is 0 Å². The highest BCUT2D eigenvalue weighted by molar-refractivity contribution is 9.10. The summed E-state index contributed by atoms with van der Waals surface area (Å²) in [5, 5.41) is 27.0. The van der Waals surface area contributed by atoms with Crippen LogP contribution in [0.1, 0.15) is 0 Å². The highest BCUT2D eigenvalue weighted by Crippen LogP contribution is 2.21. The summed E-state index contributed by atoms with van der Waals surface area (Å²) in [6.45, 7) is 1.75. The van der Waals surface area contributed by atoms with Gasteiger partial charge >= 0.3 is 5.82 Å². The van der Waals surface area contributed by atoms with E-state index in [2.05, 4.69) is 26.3 Å². The van der Waals surface area contributed by atoms with Gasteiger partial charge in [-0.1, -0.05) is 0 Å². The molecule has 0 saturated heterocycles. The van der Waals surface area contributed by atoms with Crippen molar-refractivity contribution in [3.8, 4) is 0 Å².